The molecule has 3 aromatic rings. The molecule has 1 aliphatic carbocycles. The first-order valence-electron chi connectivity index (χ1n) is 11.9. The summed E-state index contributed by atoms with van der Waals surface area (Å²) in [5, 5.41) is 3.90. The molecule has 0 spiro atoms. The van der Waals surface area contributed by atoms with Crippen LogP contribution < -0.4 is 10.1 Å². The molecular formula is C29H34N2O. The van der Waals surface area contributed by atoms with E-state index in [1.54, 1.807) is 7.11 Å². The minimum Gasteiger partial charge on any atom is -0.496 e. The van der Waals surface area contributed by atoms with Crippen molar-refractivity contribution in [2.45, 2.75) is 31.8 Å². The lowest BCUT2D eigenvalue weighted by atomic mass is 9.87. The summed E-state index contributed by atoms with van der Waals surface area (Å²) >= 11 is 0. The van der Waals surface area contributed by atoms with Crippen LogP contribution in [-0.4, -0.2) is 37.7 Å². The molecule has 5 rings (SSSR count). The monoisotopic (exact) mass is 426 g/mol. The second-order valence-corrected chi connectivity index (χ2v) is 9.48. The lowest BCUT2D eigenvalue weighted by molar-refractivity contribution is 0.282. The smallest absolute Gasteiger partial charge is 0.122 e. The number of fused-ring (bicyclic) bond motifs is 1. The van der Waals surface area contributed by atoms with E-state index in [4.69, 9.17) is 4.74 Å². The van der Waals surface area contributed by atoms with Crippen molar-refractivity contribution in [2.24, 2.45) is 11.8 Å². The van der Waals surface area contributed by atoms with Crippen LogP contribution in [0.2, 0.25) is 0 Å². The summed E-state index contributed by atoms with van der Waals surface area (Å²) < 4.78 is 5.74. The summed E-state index contributed by atoms with van der Waals surface area (Å²) in [7, 11) is 1.78. The van der Waals surface area contributed by atoms with Gasteiger partial charge in [0.05, 0.1) is 7.11 Å². The molecule has 1 aliphatic heterocycles. The van der Waals surface area contributed by atoms with Crippen molar-refractivity contribution in [1.29, 1.82) is 0 Å². The molecule has 1 saturated heterocycles. The number of ether oxygens (including phenoxy) is 1. The Labute approximate surface area is 192 Å². The molecule has 0 amide bonds. The van der Waals surface area contributed by atoms with E-state index in [0.29, 0.717) is 12.0 Å². The van der Waals surface area contributed by atoms with E-state index >= 15 is 0 Å². The van der Waals surface area contributed by atoms with E-state index in [-0.39, 0.29) is 0 Å². The molecule has 3 unspecified atom stereocenters. The van der Waals surface area contributed by atoms with Gasteiger partial charge < -0.3 is 10.1 Å². The van der Waals surface area contributed by atoms with Crippen molar-refractivity contribution in [2.75, 3.05) is 26.7 Å². The molecule has 1 N–H and O–H groups in total. The van der Waals surface area contributed by atoms with Gasteiger partial charge in [-0.05, 0) is 48.9 Å². The normalized spacial score (nSPS) is 23.0. The molecule has 0 bridgehead atoms. The van der Waals surface area contributed by atoms with E-state index in [1.165, 1.54) is 35.3 Å². The van der Waals surface area contributed by atoms with Gasteiger partial charge in [0.15, 0.2) is 0 Å². The average Bonchev–Trinajstić information content (AvgIpc) is 3.27. The van der Waals surface area contributed by atoms with Gasteiger partial charge in [-0.15, -0.1) is 0 Å². The predicted octanol–water partition coefficient (Wildman–Crippen LogP) is 5.25. The summed E-state index contributed by atoms with van der Waals surface area (Å²) in [5.41, 5.74) is 5.37. The van der Waals surface area contributed by atoms with Crippen molar-refractivity contribution in [1.82, 2.24) is 10.2 Å². The Bertz CT molecular complexity index is 1010. The molecule has 0 aromatic heterocycles. The van der Waals surface area contributed by atoms with Crippen LogP contribution in [0.1, 0.15) is 34.6 Å². The van der Waals surface area contributed by atoms with Gasteiger partial charge in [-0.25, -0.2) is 0 Å². The number of methoxy groups -OCH3 is 1. The zero-order chi connectivity index (χ0) is 21.9. The third kappa shape index (κ3) is 4.60. The van der Waals surface area contributed by atoms with E-state index in [2.05, 4.69) is 96.0 Å². The van der Waals surface area contributed by atoms with Crippen molar-refractivity contribution < 1.29 is 4.74 Å². The summed E-state index contributed by atoms with van der Waals surface area (Å²) in [6.45, 7) is 6.74. The molecule has 3 heteroatoms. The zero-order valence-electron chi connectivity index (χ0n) is 19.2. The Morgan fingerprint density at radius 2 is 1.62 bits per heavy atom. The average molecular weight is 427 g/mol. The molecule has 1 saturated carbocycles. The maximum absolute atomic E-state index is 5.74. The number of rotatable bonds is 9. The molecule has 3 atom stereocenters. The van der Waals surface area contributed by atoms with Crippen molar-refractivity contribution in [3.05, 3.63) is 101 Å². The van der Waals surface area contributed by atoms with Crippen molar-refractivity contribution in [3.8, 4) is 5.75 Å². The molecule has 2 aliphatic rings. The summed E-state index contributed by atoms with van der Waals surface area (Å²) in [4.78, 5) is 2.62. The van der Waals surface area contributed by atoms with Crippen LogP contribution in [-0.2, 0) is 6.54 Å². The molecule has 3 nitrogen and oxygen atoms in total. The van der Waals surface area contributed by atoms with Gasteiger partial charge in [0.2, 0.25) is 0 Å². The topological polar surface area (TPSA) is 24.5 Å². The van der Waals surface area contributed by atoms with Crippen LogP contribution in [0.15, 0.2) is 78.9 Å². The molecule has 166 valence electrons. The lowest BCUT2D eigenvalue weighted by Crippen LogP contribution is -2.32. The third-order valence-corrected chi connectivity index (χ3v) is 7.29. The first-order chi connectivity index (χ1) is 15.7. The molecule has 0 radical (unpaired) electrons. The number of nitrogens with zero attached hydrogens (tertiary/aromatic N) is 1. The minimum absolute atomic E-state index is 0.340. The zero-order valence-corrected chi connectivity index (χ0v) is 19.2. The van der Waals surface area contributed by atoms with Crippen LogP contribution in [0.3, 0.4) is 0 Å². The number of piperidine rings is 1. The largest absolute Gasteiger partial charge is 0.496 e. The fourth-order valence-electron chi connectivity index (χ4n) is 5.59. The molecular weight excluding hydrogens is 392 g/mol. The molecule has 2 fully saturated rings. The highest BCUT2D eigenvalue weighted by molar-refractivity contribution is 5.44. The number of hydrogen-bond donors (Lipinski definition) is 1. The molecule has 32 heavy (non-hydrogen) atoms. The Morgan fingerprint density at radius 3 is 2.31 bits per heavy atom. The van der Waals surface area contributed by atoms with Crippen molar-refractivity contribution in [3.63, 3.8) is 0 Å². The Kier molecular flexibility index (Phi) is 6.29. The van der Waals surface area contributed by atoms with Gasteiger partial charge in [0.25, 0.3) is 0 Å². The van der Waals surface area contributed by atoms with Gasteiger partial charge in [-0.2, -0.15) is 0 Å². The molecule has 3 aromatic carbocycles. The maximum atomic E-state index is 5.74. The Hall–Kier alpha value is -2.62. The fraction of sp³-hybridized carbons (Fsp3) is 0.379. The highest BCUT2D eigenvalue weighted by Crippen LogP contribution is 2.46. The van der Waals surface area contributed by atoms with Gasteiger partial charge in [0, 0.05) is 37.2 Å². The third-order valence-electron chi connectivity index (χ3n) is 7.29. The van der Waals surface area contributed by atoms with E-state index in [0.717, 1.165) is 37.1 Å². The van der Waals surface area contributed by atoms with E-state index in [1.807, 2.05) is 0 Å². The summed E-state index contributed by atoms with van der Waals surface area (Å²) in [5.74, 6) is 2.97. The summed E-state index contributed by atoms with van der Waals surface area (Å²) in [6.07, 6.45) is 1.08. The SMILES string of the molecule is COc1ccc(C)cc1C(CCNC1C2CN(Cc3ccccc3)CC21)c1ccccc1. The van der Waals surface area contributed by atoms with Crippen molar-refractivity contribution >= 4 is 0 Å². The number of likely N-dealkylation sites (tertiary alicyclic amines) is 1. The fourth-order valence-corrected chi connectivity index (χ4v) is 5.59. The predicted molar refractivity (Wildman–Crippen MR) is 131 cm³/mol. The first-order valence-corrected chi connectivity index (χ1v) is 11.9. The second kappa shape index (κ2) is 9.48. The summed E-state index contributed by atoms with van der Waals surface area (Å²) in [6, 6.07) is 29.0. The van der Waals surface area contributed by atoms with Crippen LogP contribution >= 0.6 is 0 Å². The number of benzene rings is 3. The van der Waals surface area contributed by atoms with Gasteiger partial charge in [0.1, 0.15) is 5.75 Å². The van der Waals surface area contributed by atoms with Gasteiger partial charge in [-0.1, -0.05) is 78.4 Å². The van der Waals surface area contributed by atoms with Gasteiger partial charge >= 0.3 is 0 Å². The Morgan fingerprint density at radius 1 is 0.938 bits per heavy atom. The van der Waals surface area contributed by atoms with E-state index < -0.39 is 0 Å². The number of aryl methyl sites for hydroxylation is 1. The van der Waals surface area contributed by atoms with Gasteiger partial charge in [-0.3, -0.25) is 4.90 Å². The minimum atomic E-state index is 0.340. The maximum Gasteiger partial charge on any atom is 0.122 e. The lowest BCUT2D eigenvalue weighted by Gasteiger charge is -2.23. The van der Waals surface area contributed by atoms with E-state index in [9.17, 15) is 0 Å². The van der Waals surface area contributed by atoms with Crippen LogP contribution in [0.4, 0.5) is 0 Å². The van der Waals surface area contributed by atoms with Crippen LogP contribution in [0.25, 0.3) is 0 Å². The number of hydrogen-bond acceptors (Lipinski definition) is 3. The highest BCUT2D eigenvalue weighted by atomic mass is 16.5. The highest BCUT2D eigenvalue weighted by Gasteiger charge is 2.55. The van der Waals surface area contributed by atoms with Crippen LogP contribution in [0.5, 0.6) is 5.75 Å². The quantitative estimate of drug-likeness (QED) is 0.506. The molecule has 1 heterocycles. The number of nitrogens with one attached hydrogen (secondary N) is 1. The second-order valence-electron chi connectivity index (χ2n) is 9.48. The van der Waals surface area contributed by atoms with Crippen LogP contribution in [0, 0.1) is 18.8 Å². The standard InChI is InChI=1S/C29H34N2O/c1-21-13-14-28(32-2)25(17-21)24(23-11-7-4-8-12-23)15-16-30-29-26-19-31(20-27(26)29)18-22-9-5-3-6-10-22/h3-14,17,24,26-27,29-30H,15-16,18-20H2,1-2H3. The Balaban J connectivity index is 1.19. The first kappa shape index (κ1) is 21.2.